The second-order valence-corrected chi connectivity index (χ2v) is 5.96. The summed E-state index contributed by atoms with van der Waals surface area (Å²) in [5.41, 5.74) is 0. The van der Waals surface area contributed by atoms with E-state index in [0.29, 0.717) is 5.94 Å². The van der Waals surface area contributed by atoms with Gasteiger partial charge in [0.05, 0.1) is 0 Å². The molecule has 1 aliphatic heterocycles. The van der Waals surface area contributed by atoms with Gasteiger partial charge in [0.25, 0.3) is 0 Å². The average Bonchev–Trinajstić information content (AvgIpc) is 1.80. The number of hydrogen-bond donors (Lipinski definition) is 2. The normalized spacial score (nSPS) is 35.2. The van der Waals surface area contributed by atoms with Crippen LogP contribution in [0.15, 0.2) is 0 Å². The summed E-state index contributed by atoms with van der Waals surface area (Å²) in [4.78, 5) is 0. The average molecular weight is 169 g/mol. The monoisotopic (exact) mass is 170 g/mol. The van der Waals surface area contributed by atoms with Crippen molar-refractivity contribution in [2.24, 2.45) is 0 Å². The van der Waals surface area contributed by atoms with Gasteiger partial charge in [-0.2, -0.15) is 0 Å². The van der Waals surface area contributed by atoms with E-state index in [1.165, 1.54) is 0 Å². The molecule has 0 saturated carbocycles. The molecular formula is C4H17B7N2. The lowest BCUT2D eigenvalue weighted by Crippen LogP contribution is -2.86. The summed E-state index contributed by atoms with van der Waals surface area (Å²) in [5.74, 6) is 0.496. The first-order chi connectivity index (χ1) is 5.58. The van der Waals surface area contributed by atoms with Gasteiger partial charge in [-0.25, -0.2) is 0 Å². The molecule has 0 amide bonds. The third-order valence-electron chi connectivity index (χ3n) is 3.86. The smallest absolute Gasteiger partial charge is 0.123 e. The Morgan fingerprint density at radius 1 is 0.846 bits per heavy atom. The van der Waals surface area contributed by atoms with E-state index in [1.54, 1.807) is 0 Å². The fraction of sp³-hybridized carbons (Fsp3) is 1.00. The molecule has 0 bridgehead atoms. The highest BCUT2D eigenvalue weighted by molar-refractivity contribution is 6.56. The standard InChI is InChI=1S/C4H17B7N2/c5-1-2(6,7)13-4(10,11)3(8,9)12-1/h1,12-13H,5-11H2. The molecular weight excluding hydrogens is 152 g/mol. The van der Waals surface area contributed by atoms with Crippen molar-refractivity contribution >= 4 is 54.9 Å². The van der Waals surface area contributed by atoms with Gasteiger partial charge in [0, 0.05) is 0 Å². The Kier molecular flexibility index (Phi) is 2.58. The largest absolute Gasteiger partial charge is 0.335 e. The topological polar surface area (TPSA) is 24.1 Å². The van der Waals surface area contributed by atoms with Crippen LogP contribution in [0.4, 0.5) is 0 Å². The van der Waals surface area contributed by atoms with Crippen LogP contribution in [0.1, 0.15) is 0 Å². The van der Waals surface area contributed by atoms with E-state index in [4.69, 9.17) is 0 Å². The Hall–Kier alpha value is 0.375. The number of nitrogens with one attached hydrogen (secondary N) is 2. The molecule has 1 unspecified atom stereocenters. The Morgan fingerprint density at radius 2 is 1.31 bits per heavy atom. The quantitative estimate of drug-likeness (QED) is 0.352. The molecule has 1 saturated heterocycles. The van der Waals surface area contributed by atoms with Crippen LogP contribution in [-0.2, 0) is 0 Å². The van der Waals surface area contributed by atoms with Gasteiger partial charge >= 0.3 is 0 Å². The molecule has 9 heteroatoms. The number of piperazine rings is 1. The lowest BCUT2D eigenvalue weighted by molar-refractivity contribution is 0.325. The van der Waals surface area contributed by atoms with Crippen LogP contribution in [0.25, 0.3) is 0 Å². The maximum Gasteiger partial charge on any atom is 0.123 e. The Bertz CT molecular complexity index is 215. The highest BCUT2D eigenvalue weighted by atomic mass is 15.2. The maximum absolute atomic E-state index is 3.71. The summed E-state index contributed by atoms with van der Waals surface area (Å²) < 4.78 is 0. The molecule has 2 nitrogen and oxygen atoms in total. The molecule has 64 valence electrons. The van der Waals surface area contributed by atoms with Gasteiger partial charge in [-0.15, -0.1) is 0 Å². The Labute approximate surface area is 88.0 Å². The maximum atomic E-state index is 3.71. The van der Waals surface area contributed by atoms with Crippen molar-refractivity contribution in [3.05, 3.63) is 0 Å². The zero-order chi connectivity index (χ0) is 10.5. The third kappa shape index (κ3) is 1.91. The number of hydrogen-bond acceptors (Lipinski definition) is 2. The molecule has 0 aromatic rings. The van der Waals surface area contributed by atoms with E-state index in [1.807, 2.05) is 0 Å². The van der Waals surface area contributed by atoms with Crippen LogP contribution in [0, 0.1) is 0 Å². The van der Waals surface area contributed by atoms with Crippen LogP contribution in [0.5, 0.6) is 0 Å². The zero-order valence-electron chi connectivity index (χ0n) is 10.1. The lowest BCUT2D eigenvalue weighted by Gasteiger charge is -2.58. The van der Waals surface area contributed by atoms with Gasteiger partial charge < -0.3 is 10.6 Å². The van der Waals surface area contributed by atoms with Crippen LogP contribution in [-0.4, -0.2) is 76.9 Å². The van der Waals surface area contributed by atoms with Gasteiger partial charge in [0.1, 0.15) is 54.9 Å². The van der Waals surface area contributed by atoms with Gasteiger partial charge in [-0.3, -0.25) is 0 Å². The second kappa shape index (κ2) is 2.93. The predicted octanol–water partition coefficient (Wildman–Crippen LogP) is -8.10. The molecule has 0 aromatic carbocycles. The lowest BCUT2D eigenvalue weighted by atomic mass is 9.33. The van der Waals surface area contributed by atoms with Crippen molar-refractivity contribution in [2.45, 2.75) is 22.0 Å². The molecule has 0 radical (unpaired) electrons. The Balaban J connectivity index is 2.93. The predicted molar refractivity (Wildman–Crippen MR) is 78.1 cm³/mol. The minimum Gasteiger partial charge on any atom is -0.335 e. The van der Waals surface area contributed by atoms with Crippen molar-refractivity contribution in [3.8, 4) is 0 Å². The van der Waals surface area contributed by atoms with Crippen LogP contribution >= 0.6 is 0 Å². The summed E-state index contributed by atoms with van der Waals surface area (Å²) in [6.45, 7) is 0. The fourth-order valence-electron chi connectivity index (χ4n) is 1.97. The highest BCUT2D eigenvalue weighted by Gasteiger charge is 2.46. The van der Waals surface area contributed by atoms with E-state index in [2.05, 4.69) is 65.6 Å². The van der Waals surface area contributed by atoms with Gasteiger partial charge in [0.2, 0.25) is 0 Å². The molecule has 0 aliphatic carbocycles. The molecule has 1 fully saturated rings. The van der Waals surface area contributed by atoms with Crippen LogP contribution in [0.3, 0.4) is 0 Å². The summed E-state index contributed by atoms with van der Waals surface area (Å²) in [6, 6.07) is 0. The number of rotatable bonds is 0. The third-order valence-corrected chi connectivity index (χ3v) is 3.86. The van der Waals surface area contributed by atoms with Gasteiger partial charge in [-0.1, -0.05) is 0 Å². The zero-order valence-corrected chi connectivity index (χ0v) is 10.1. The van der Waals surface area contributed by atoms with E-state index in [-0.39, 0.29) is 16.0 Å². The first kappa shape index (κ1) is 11.4. The summed E-state index contributed by atoms with van der Waals surface area (Å²) in [5, 5.41) is 7.82. The van der Waals surface area contributed by atoms with Crippen molar-refractivity contribution in [3.63, 3.8) is 0 Å². The molecule has 1 rings (SSSR count). The van der Waals surface area contributed by atoms with Crippen molar-refractivity contribution < 1.29 is 0 Å². The van der Waals surface area contributed by atoms with Crippen molar-refractivity contribution in [2.75, 3.05) is 0 Å². The summed E-state index contributed by atoms with van der Waals surface area (Å²) in [7, 11) is 15.8. The van der Waals surface area contributed by atoms with E-state index in [0.717, 1.165) is 0 Å². The van der Waals surface area contributed by atoms with Crippen molar-refractivity contribution in [1.29, 1.82) is 0 Å². The van der Waals surface area contributed by atoms with E-state index >= 15 is 0 Å². The minimum atomic E-state index is 0.128. The molecule has 1 aliphatic rings. The van der Waals surface area contributed by atoms with Crippen molar-refractivity contribution in [1.82, 2.24) is 10.6 Å². The highest BCUT2D eigenvalue weighted by Crippen LogP contribution is 2.19. The van der Waals surface area contributed by atoms with Gasteiger partial charge in [0.15, 0.2) is 0 Å². The van der Waals surface area contributed by atoms with Crippen LogP contribution in [0.2, 0.25) is 0 Å². The molecule has 1 heterocycles. The second-order valence-electron chi connectivity index (χ2n) is 5.96. The molecule has 1 atom stereocenters. The first-order valence-corrected chi connectivity index (χ1v) is 5.15. The molecule has 0 aromatic heterocycles. The SMILES string of the molecule is BC1NC(B)(B)C(B)(B)NC1(B)B. The van der Waals surface area contributed by atoms with E-state index < -0.39 is 0 Å². The fourth-order valence-corrected chi connectivity index (χ4v) is 1.97. The molecule has 0 spiro atoms. The minimum absolute atomic E-state index is 0.128. The molecule has 2 N–H and O–H groups in total. The summed E-state index contributed by atoms with van der Waals surface area (Å²) >= 11 is 0. The van der Waals surface area contributed by atoms with E-state index in [9.17, 15) is 0 Å². The Morgan fingerprint density at radius 3 is 1.69 bits per heavy atom. The summed E-state index contributed by atoms with van der Waals surface area (Å²) in [6.07, 6.45) is 0. The van der Waals surface area contributed by atoms with Gasteiger partial charge in [-0.05, 0) is 22.0 Å². The first-order valence-electron chi connectivity index (χ1n) is 5.15. The molecule has 13 heavy (non-hydrogen) atoms. The van der Waals surface area contributed by atoms with Crippen LogP contribution < -0.4 is 10.6 Å².